The monoisotopic (exact) mass is 354 g/mol. The molecule has 26 heavy (non-hydrogen) atoms. The van der Waals surface area contributed by atoms with Crippen LogP contribution < -0.4 is 0 Å². The normalized spacial score (nSPS) is 22.2. The van der Waals surface area contributed by atoms with Crippen molar-refractivity contribution in [1.29, 1.82) is 0 Å². The van der Waals surface area contributed by atoms with Gasteiger partial charge in [0.2, 0.25) is 0 Å². The molecule has 6 heteroatoms. The Morgan fingerprint density at radius 2 is 1.88 bits per heavy atom. The zero-order valence-corrected chi connectivity index (χ0v) is 14.7. The second-order valence-corrected chi connectivity index (χ2v) is 8.10. The minimum atomic E-state index is -0.186. The van der Waals surface area contributed by atoms with E-state index in [2.05, 4.69) is 15.2 Å². The van der Waals surface area contributed by atoms with Crippen LogP contribution in [0.1, 0.15) is 60.2 Å². The van der Waals surface area contributed by atoms with Crippen molar-refractivity contribution in [2.24, 2.45) is 11.8 Å². The highest BCUT2D eigenvalue weighted by atomic mass is 19.1. The zero-order chi connectivity index (χ0) is 17.7. The van der Waals surface area contributed by atoms with Crippen LogP contribution in [-0.4, -0.2) is 38.8 Å². The lowest BCUT2D eigenvalue weighted by molar-refractivity contribution is 0.0357. The largest absolute Gasteiger partial charge is 0.295 e. The number of aromatic nitrogens is 3. The van der Waals surface area contributed by atoms with Gasteiger partial charge in [-0.25, -0.2) is 9.07 Å². The molecular weight excluding hydrogens is 331 g/mol. The lowest BCUT2D eigenvalue weighted by Crippen LogP contribution is -2.49. The molecule has 0 bridgehead atoms. The van der Waals surface area contributed by atoms with Gasteiger partial charge in [-0.15, -0.1) is 5.10 Å². The summed E-state index contributed by atoms with van der Waals surface area (Å²) in [5.41, 5.74) is 1.71. The first-order valence-corrected chi connectivity index (χ1v) is 9.62. The number of likely N-dealkylation sites (tertiary alicyclic amines) is 1. The molecule has 1 aromatic carbocycles. The maximum atomic E-state index is 13.2. The minimum Gasteiger partial charge on any atom is -0.295 e. The van der Waals surface area contributed by atoms with E-state index in [1.54, 1.807) is 12.1 Å². The van der Waals surface area contributed by atoms with Gasteiger partial charge in [0, 0.05) is 25.6 Å². The summed E-state index contributed by atoms with van der Waals surface area (Å²) in [4.78, 5) is 14.9. The number of hydrogen-bond acceptors (Lipinski definition) is 4. The van der Waals surface area contributed by atoms with Crippen LogP contribution in [0.5, 0.6) is 0 Å². The van der Waals surface area contributed by atoms with Crippen molar-refractivity contribution in [3.8, 4) is 0 Å². The van der Waals surface area contributed by atoms with Crippen LogP contribution in [0.2, 0.25) is 0 Å². The number of ketones is 1. The van der Waals surface area contributed by atoms with Crippen LogP contribution in [0.15, 0.2) is 30.5 Å². The van der Waals surface area contributed by atoms with Gasteiger partial charge in [0.1, 0.15) is 11.5 Å². The number of Topliss-reactive ketones (excluding diaryl/α,β-unsaturated/α-hetero) is 1. The fourth-order valence-corrected chi connectivity index (χ4v) is 4.11. The van der Waals surface area contributed by atoms with Gasteiger partial charge in [-0.3, -0.25) is 9.69 Å². The third-order valence-electron chi connectivity index (χ3n) is 5.85. The molecule has 3 fully saturated rings. The minimum absolute atomic E-state index is 0.103. The van der Waals surface area contributed by atoms with Crippen molar-refractivity contribution in [2.45, 2.75) is 44.2 Å². The van der Waals surface area contributed by atoms with E-state index in [-0.39, 0.29) is 11.6 Å². The summed E-state index contributed by atoms with van der Waals surface area (Å²) >= 11 is 0. The number of carbonyl (C=O) groups excluding carboxylic acids is 1. The van der Waals surface area contributed by atoms with Gasteiger partial charge in [0.25, 0.3) is 0 Å². The SMILES string of the molecule is O=C(CC1CN(C(c2ccc(F)cc2)C2CC2)C1)c1cn(C2CC2)nn1. The Morgan fingerprint density at radius 1 is 1.15 bits per heavy atom. The van der Waals surface area contributed by atoms with E-state index >= 15 is 0 Å². The highest BCUT2D eigenvalue weighted by Gasteiger charge is 2.42. The molecular formula is C20H23FN4O. The molecule has 136 valence electrons. The highest BCUT2D eigenvalue weighted by Crippen LogP contribution is 2.47. The Kier molecular flexibility index (Phi) is 3.89. The molecule has 2 aromatic rings. The van der Waals surface area contributed by atoms with Gasteiger partial charge in [0.15, 0.2) is 5.78 Å². The Balaban J connectivity index is 1.19. The van der Waals surface area contributed by atoms with E-state index in [1.165, 1.54) is 18.4 Å². The topological polar surface area (TPSA) is 51.0 Å². The number of benzene rings is 1. The number of nitrogens with zero attached hydrogens (tertiary/aromatic N) is 4. The van der Waals surface area contributed by atoms with E-state index in [1.807, 2.05) is 23.0 Å². The second-order valence-electron chi connectivity index (χ2n) is 8.10. The van der Waals surface area contributed by atoms with E-state index in [9.17, 15) is 9.18 Å². The van der Waals surface area contributed by atoms with Crippen molar-refractivity contribution >= 4 is 5.78 Å². The average Bonchev–Trinajstić information content (AvgIpc) is 3.54. The summed E-state index contributed by atoms with van der Waals surface area (Å²) in [7, 11) is 0. The van der Waals surface area contributed by atoms with Crippen LogP contribution in [0.3, 0.4) is 0 Å². The molecule has 1 unspecified atom stereocenters. The summed E-state index contributed by atoms with van der Waals surface area (Å²) in [6.07, 6.45) is 7.11. The summed E-state index contributed by atoms with van der Waals surface area (Å²) < 4.78 is 15.1. The van der Waals surface area contributed by atoms with Crippen molar-refractivity contribution in [1.82, 2.24) is 19.9 Å². The summed E-state index contributed by atoms with van der Waals surface area (Å²) in [5.74, 6) is 0.978. The molecule has 0 spiro atoms. The van der Waals surface area contributed by atoms with E-state index in [0.29, 0.717) is 36.0 Å². The van der Waals surface area contributed by atoms with Crippen LogP contribution in [-0.2, 0) is 0 Å². The lowest BCUT2D eigenvalue weighted by Gasteiger charge is -2.44. The van der Waals surface area contributed by atoms with E-state index < -0.39 is 0 Å². The fourth-order valence-electron chi connectivity index (χ4n) is 4.11. The Bertz CT molecular complexity index is 803. The molecule has 2 heterocycles. The Labute approximate surface area is 152 Å². The molecule has 5 rings (SSSR count). The standard InChI is InChI=1S/C20H23FN4O/c21-16-5-3-15(4-6-16)20(14-1-2-14)24-10-13(11-24)9-19(26)18-12-25(23-22-18)17-7-8-17/h3-6,12-14,17,20H,1-2,7-11H2. The van der Waals surface area contributed by atoms with Crippen LogP contribution in [0.4, 0.5) is 4.39 Å². The molecule has 1 saturated heterocycles. The van der Waals surface area contributed by atoms with Gasteiger partial charge in [-0.1, -0.05) is 17.3 Å². The average molecular weight is 354 g/mol. The summed E-state index contributed by atoms with van der Waals surface area (Å²) in [6, 6.07) is 7.75. The molecule has 1 aliphatic heterocycles. The molecule has 0 N–H and O–H groups in total. The van der Waals surface area contributed by atoms with E-state index in [4.69, 9.17) is 0 Å². The maximum absolute atomic E-state index is 13.2. The summed E-state index contributed by atoms with van der Waals surface area (Å²) in [5, 5.41) is 8.13. The molecule has 0 amide bonds. The number of hydrogen-bond donors (Lipinski definition) is 0. The Hall–Kier alpha value is -2.08. The molecule has 2 saturated carbocycles. The molecule has 5 nitrogen and oxygen atoms in total. The fraction of sp³-hybridized carbons (Fsp3) is 0.550. The van der Waals surface area contributed by atoms with Gasteiger partial charge in [-0.2, -0.15) is 0 Å². The van der Waals surface area contributed by atoms with Crippen LogP contribution >= 0.6 is 0 Å². The molecule has 0 radical (unpaired) electrons. The van der Waals surface area contributed by atoms with Gasteiger partial charge >= 0.3 is 0 Å². The number of halogens is 1. The molecule has 3 aliphatic rings. The van der Waals surface area contributed by atoms with Crippen molar-refractivity contribution in [2.75, 3.05) is 13.1 Å². The third-order valence-corrected chi connectivity index (χ3v) is 5.85. The van der Waals surface area contributed by atoms with Gasteiger partial charge in [0.05, 0.1) is 12.2 Å². The van der Waals surface area contributed by atoms with Crippen molar-refractivity contribution < 1.29 is 9.18 Å². The zero-order valence-electron chi connectivity index (χ0n) is 14.7. The number of rotatable bonds is 7. The smallest absolute Gasteiger partial charge is 0.185 e. The maximum Gasteiger partial charge on any atom is 0.185 e. The third kappa shape index (κ3) is 3.18. The van der Waals surface area contributed by atoms with Crippen LogP contribution in [0.25, 0.3) is 0 Å². The van der Waals surface area contributed by atoms with E-state index in [0.717, 1.165) is 25.9 Å². The van der Waals surface area contributed by atoms with Gasteiger partial charge < -0.3 is 0 Å². The van der Waals surface area contributed by atoms with Gasteiger partial charge in [-0.05, 0) is 55.2 Å². The first-order valence-electron chi connectivity index (χ1n) is 9.62. The lowest BCUT2D eigenvalue weighted by atomic mass is 9.88. The predicted molar refractivity (Wildman–Crippen MR) is 94.2 cm³/mol. The quantitative estimate of drug-likeness (QED) is 0.715. The second kappa shape index (κ2) is 6.27. The van der Waals surface area contributed by atoms with Crippen molar-refractivity contribution in [3.63, 3.8) is 0 Å². The summed E-state index contributed by atoms with van der Waals surface area (Å²) in [6.45, 7) is 1.86. The highest BCUT2D eigenvalue weighted by molar-refractivity contribution is 5.94. The first-order chi connectivity index (χ1) is 12.7. The molecule has 1 aromatic heterocycles. The van der Waals surface area contributed by atoms with Crippen molar-refractivity contribution in [3.05, 3.63) is 47.5 Å². The predicted octanol–water partition coefficient (Wildman–Crippen LogP) is 3.41. The first kappa shape index (κ1) is 16.1. The molecule has 1 atom stereocenters. The Morgan fingerprint density at radius 3 is 2.54 bits per heavy atom. The molecule has 2 aliphatic carbocycles. The van der Waals surface area contributed by atoms with Crippen LogP contribution in [0, 0.1) is 17.7 Å². The number of carbonyl (C=O) groups is 1.